The molecule has 120 valence electrons. The van der Waals surface area contributed by atoms with Gasteiger partial charge in [-0.2, -0.15) is 0 Å². The van der Waals surface area contributed by atoms with E-state index in [-0.39, 0.29) is 0 Å². The molecular formula is C17H29NO3. The van der Waals surface area contributed by atoms with Gasteiger partial charge >= 0.3 is 0 Å². The van der Waals surface area contributed by atoms with Crippen LogP contribution >= 0.6 is 0 Å². The van der Waals surface area contributed by atoms with Gasteiger partial charge in [-0.05, 0) is 37.6 Å². The molecule has 4 nitrogen and oxygen atoms in total. The SMILES string of the molecule is CCNC(C)c1ccc(OCCCOCCOC)c(C)c1. The van der Waals surface area contributed by atoms with Gasteiger partial charge in [0, 0.05) is 26.2 Å². The van der Waals surface area contributed by atoms with Crippen LogP contribution in [0.3, 0.4) is 0 Å². The Kier molecular flexibility index (Phi) is 9.06. The molecule has 0 saturated carbocycles. The van der Waals surface area contributed by atoms with Gasteiger partial charge in [-0.25, -0.2) is 0 Å². The van der Waals surface area contributed by atoms with Gasteiger partial charge in [-0.15, -0.1) is 0 Å². The monoisotopic (exact) mass is 295 g/mol. The van der Waals surface area contributed by atoms with E-state index in [0.717, 1.165) is 18.7 Å². The third kappa shape index (κ3) is 6.93. The average molecular weight is 295 g/mol. The maximum atomic E-state index is 5.81. The molecule has 1 N–H and O–H groups in total. The van der Waals surface area contributed by atoms with Crippen LogP contribution in [0, 0.1) is 6.92 Å². The lowest BCUT2D eigenvalue weighted by atomic mass is 10.1. The lowest BCUT2D eigenvalue weighted by Crippen LogP contribution is -2.17. The lowest BCUT2D eigenvalue weighted by Gasteiger charge is -2.15. The summed E-state index contributed by atoms with van der Waals surface area (Å²) in [4.78, 5) is 0. The summed E-state index contributed by atoms with van der Waals surface area (Å²) in [7, 11) is 1.68. The molecule has 0 saturated heterocycles. The first-order valence-electron chi connectivity index (χ1n) is 7.72. The van der Waals surface area contributed by atoms with Gasteiger partial charge < -0.3 is 19.5 Å². The molecule has 1 aromatic rings. The van der Waals surface area contributed by atoms with E-state index in [2.05, 4.69) is 44.3 Å². The number of aryl methyl sites for hydroxylation is 1. The highest BCUT2D eigenvalue weighted by atomic mass is 16.5. The Morgan fingerprint density at radius 3 is 2.62 bits per heavy atom. The fraction of sp³-hybridized carbons (Fsp3) is 0.647. The van der Waals surface area contributed by atoms with Gasteiger partial charge in [-0.1, -0.05) is 19.1 Å². The molecule has 0 amide bonds. The molecule has 1 aromatic carbocycles. The third-order valence-corrected chi connectivity index (χ3v) is 3.33. The second-order valence-corrected chi connectivity index (χ2v) is 5.11. The minimum absolute atomic E-state index is 0.372. The van der Waals surface area contributed by atoms with E-state index in [1.54, 1.807) is 7.11 Å². The molecule has 1 rings (SSSR count). The Labute approximate surface area is 128 Å². The maximum absolute atomic E-state index is 5.81. The third-order valence-electron chi connectivity index (χ3n) is 3.33. The van der Waals surface area contributed by atoms with Crippen LogP contribution in [0.15, 0.2) is 18.2 Å². The normalized spacial score (nSPS) is 12.4. The molecule has 21 heavy (non-hydrogen) atoms. The van der Waals surface area contributed by atoms with E-state index in [9.17, 15) is 0 Å². The first-order chi connectivity index (χ1) is 10.2. The first kappa shape index (κ1) is 18.0. The highest BCUT2D eigenvalue weighted by Crippen LogP contribution is 2.22. The predicted molar refractivity (Wildman–Crippen MR) is 86.1 cm³/mol. The number of nitrogens with one attached hydrogen (secondary N) is 1. The van der Waals surface area contributed by atoms with Crippen molar-refractivity contribution in [1.82, 2.24) is 5.32 Å². The average Bonchev–Trinajstić information content (AvgIpc) is 2.48. The molecule has 0 bridgehead atoms. The number of ether oxygens (including phenoxy) is 3. The van der Waals surface area contributed by atoms with Crippen LogP contribution in [0.5, 0.6) is 5.75 Å². The number of benzene rings is 1. The van der Waals surface area contributed by atoms with Crippen molar-refractivity contribution in [3.8, 4) is 5.75 Å². The van der Waals surface area contributed by atoms with E-state index in [1.165, 1.54) is 11.1 Å². The quantitative estimate of drug-likeness (QED) is 0.637. The molecule has 0 aliphatic carbocycles. The molecule has 1 unspecified atom stereocenters. The molecule has 0 radical (unpaired) electrons. The smallest absolute Gasteiger partial charge is 0.122 e. The summed E-state index contributed by atoms with van der Waals surface area (Å²) >= 11 is 0. The van der Waals surface area contributed by atoms with Crippen molar-refractivity contribution in [3.05, 3.63) is 29.3 Å². The zero-order valence-corrected chi connectivity index (χ0v) is 13.8. The molecule has 0 heterocycles. The van der Waals surface area contributed by atoms with Crippen LogP contribution in [0.1, 0.15) is 37.4 Å². The van der Waals surface area contributed by atoms with Crippen LogP contribution in [-0.2, 0) is 9.47 Å². The number of rotatable bonds is 11. The number of methoxy groups -OCH3 is 1. The van der Waals surface area contributed by atoms with E-state index >= 15 is 0 Å². The fourth-order valence-corrected chi connectivity index (χ4v) is 2.12. The van der Waals surface area contributed by atoms with Gasteiger partial charge in [0.2, 0.25) is 0 Å². The summed E-state index contributed by atoms with van der Waals surface area (Å²) < 4.78 is 16.1. The minimum atomic E-state index is 0.372. The molecule has 1 atom stereocenters. The van der Waals surface area contributed by atoms with Crippen molar-refractivity contribution in [3.63, 3.8) is 0 Å². The van der Waals surface area contributed by atoms with Gasteiger partial charge in [0.1, 0.15) is 5.75 Å². The van der Waals surface area contributed by atoms with Crippen molar-refractivity contribution < 1.29 is 14.2 Å². The highest BCUT2D eigenvalue weighted by Gasteiger charge is 2.06. The Morgan fingerprint density at radius 1 is 1.14 bits per heavy atom. The van der Waals surface area contributed by atoms with Crippen LogP contribution in [0.2, 0.25) is 0 Å². The Balaban J connectivity index is 2.32. The predicted octanol–water partition coefficient (Wildman–Crippen LogP) is 3.10. The van der Waals surface area contributed by atoms with Gasteiger partial charge in [0.15, 0.2) is 0 Å². The number of hydrogen-bond donors (Lipinski definition) is 1. The van der Waals surface area contributed by atoms with E-state index in [1.807, 2.05) is 0 Å². The van der Waals surface area contributed by atoms with E-state index in [4.69, 9.17) is 14.2 Å². The Hall–Kier alpha value is -1.10. The van der Waals surface area contributed by atoms with Gasteiger partial charge in [0.05, 0.1) is 19.8 Å². The molecular weight excluding hydrogens is 266 g/mol. The summed E-state index contributed by atoms with van der Waals surface area (Å²) in [5.74, 6) is 0.958. The molecule has 4 heteroatoms. The molecule has 0 fully saturated rings. The fourth-order valence-electron chi connectivity index (χ4n) is 2.12. The molecule has 0 aromatic heterocycles. The Morgan fingerprint density at radius 2 is 1.95 bits per heavy atom. The highest BCUT2D eigenvalue weighted by molar-refractivity contribution is 5.37. The summed E-state index contributed by atoms with van der Waals surface area (Å²) in [6, 6.07) is 6.75. The topological polar surface area (TPSA) is 39.7 Å². The first-order valence-corrected chi connectivity index (χ1v) is 7.72. The van der Waals surface area contributed by atoms with E-state index < -0.39 is 0 Å². The summed E-state index contributed by atoms with van der Waals surface area (Å²) in [6.45, 7) is 10.0. The lowest BCUT2D eigenvalue weighted by molar-refractivity contribution is 0.0644. The van der Waals surface area contributed by atoms with E-state index in [0.29, 0.717) is 32.5 Å². The van der Waals surface area contributed by atoms with Gasteiger partial charge in [0.25, 0.3) is 0 Å². The standard InChI is InChI=1S/C17H29NO3/c1-5-18-15(3)16-7-8-17(14(2)13-16)21-10-6-9-20-12-11-19-4/h7-8,13,15,18H,5-6,9-12H2,1-4H3. The summed E-state index contributed by atoms with van der Waals surface area (Å²) in [5.41, 5.74) is 2.47. The van der Waals surface area contributed by atoms with Crippen molar-refractivity contribution in [2.24, 2.45) is 0 Å². The summed E-state index contributed by atoms with van der Waals surface area (Å²) in [5, 5.41) is 3.42. The zero-order chi connectivity index (χ0) is 15.5. The van der Waals surface area contributed by atoms with Crippen molar-refractivity contribution in [1.29, 1.82) is 0 Å². The largest absolute Gasteiger partial charge is 0.493 e. The molecule has 0 aliphatic heterocycles. The number of hydrogen-bond acceptors (Lipinski definition) is 4. The Bertz CT molecular complexity index is 396. The van der Waals surface area contributed by atoms with Crippen molar-refractivity contribution in [2.75, 3.05) is 40.1 Å². The van der Waals surface area contributed by atoms with Crippen LogP contribution in [-0.4, -0.2) is 40.1 Å². The molecule has 0 spiro atoms. The van der Waals surface area contributed by atoms with Crippen molar-refractivity contribution >= 4 is 0 Å². The zero-order valence-electron chi connectivity index (χ0n) is 13.8. The van der Waals surface area contributed by atoms with Gasteiger partial charge in [-0.3, -0.25) is 0 Å². The second kappa shape index (κ2) is 10.6. The van der Waals surface area contributed by atoms with Crippen LogP contribution in [0.4, 0.5) is 0 Å². The van der Waals surface area contributed by atoms with Crippen LogP contribution in [0.25, 0.3) is 0 Å². The summed E-state index contributed by atoms with van der Waals surface area (Å²) in [6.07, 6.45) is 0.888. The van der Waals surface area contributed by atoms with Crippen LogP contribution < -0.4 is 10.1 Å². The minimum Gasteiger partial charge on any atom is -0.493 e. The molecule has 0 aliphatic rings. The maximum Gasteiger partial charge on any atom is 0.122 e. The second-order valence-electron chi connectivity index (χ2n) is 5.11. The van der Waals surface area contributed by atoms with Crippen molar-refractivity contribution in [2.45, 2.75) is 33.2 Å².